The van der Waals surface area contributed by atoms with Crippen LogP contribution in [-0.2, 0) is 14.3 Å². The van der Waals surface area contributed by atoms with Crippen LogP contribution >= 0.6 is 11.6 Å². The summed E-state index contributed by atoms with van der Waals surface area (Å²) in [6, 6.07) is 12.8. The van der Waals surface area contributed by atoms with Gasteiger partial charge < -0.3 is 24.5 Å². The van der Waals surface area contributed by atoms with Gasteiger partial charge in [0.15, 0.2) is 0 Å². The fraction of sp³-hybridized carbons (Fsp3) is 0.458. The molecule has 174 valence electrons. The number of hydrogen-bond donors (Lipinski definition) is 1. The number of nitrogens with one attached hydrogen (secondary N) is 1. The molecule has 0 radical (unpaired) electrons. The van der Waals surface area contributed by atoms with Gasteiger partial charge in [-0.15, -0.1) is 0 Å². The van der Waals surface area contributed by atoms with E-state index >= 15 is 0 Å². The molecule has 5 nitrogen and oxygen atoms in total. The zero-order chi connectivity index (χ0) is 22.9. The number of halogens is 3. The first-order chi connectivity index (χ1) is 15.5. The average Bonchev–Trinajstić information content (AvgIpc) is 2.79. The van der Waals surface area contributed by atoms with E-state index in [4.69, 9.17) is 21.1 Å². The van der Waals surface area contributed by atoms with Crippen molar-refractivity contribution in [1.29, 1.82) is 0 Å². The molecule has 1 aliphatic rings. The van der Waals surface area contributed by atoms with Crippen molar-refractivity contribution < 1.29 is 23.0 Å². The Morgan fingerprint density at radius 1 is 1.22 bits per heavy atom. The molecule has 1 fully saturated rings. The average molecular weight is 467 g/mol. The molecule has 1 saturated heterocycles. The van der Waals surface area contributed by atoms with Crippen LogP contribution < -0.4 is 10.2 Å². The van der Waals surface area contributed by atoms with Gasteiger partial charge in [-0.25, -0.2) is 8.78 Å². The van der Waals surface area contributed by atoms with Crippen LogP contribution in [0.25, 0.3) is 0 Å². The minimum absolute atomic E-state index is 0.0425. The van der Waals surface area contributed by atoms with Crippen LogP contribution in [0.2, 0.25) is 5.02 Å². The number of benzene rings is 2. The summed E-state index contributed by atoms with van der Waals surface area (Å²) in [5.74, 6) is -0.121. The number of aldehydes is 1. The Bertz CT molecular complexity index is 861. The third kappa shape index (κ3) is 6.64. The lowest BCUT2D eigenvalue weighted by Crippen LogP contribution is -2.42. The van der Waals surface area contributed by atoms with Gasteiger partial charge in [0.05, 0.1) is 24.5 Å². The molecule has 0 aromatic heterocycles. The predicted molar refractivity (Wildman–Crippen MR) is 124 cm³/mol. The van der Waals surface area contributed by atoms with Crippen molar-refractivity contribution in [2.75, 3.05) is 43.7 Å². The second-order valence-electron chi connectivity index (χ2n) is 7.85. The van der Waals surface area contributed by atoms with Crippen LogP contribution in [0.1, 0.15) is 30.7 Å². The molecule has 32 heavy (non-hydrogen) atoms. The van der Waals surface area contributed by atoms with Gasteiger partial charge in [-0.3, -0.25) is 0 Å². The Balaban J connectivity index is 2.02. The van der Waals surface area contributed by atoms with Crippen LogP contribution in [0, 0.1) is 0 Å². The van der Waals surface area contributed by atoms with Gasteiger partial charge in [0.25, 0.3) is 6.43 Å². The first kappa shape index (κ1) is 24.4. The van der Waals surface area contributed by atoms with E-state index in [1.165, 1.54) is 0 Å². The summed E-state index contributed by atoms with van der Waals surface area (Å²) in [7, 11) is 1.59. The second kappa shape index (κ2) is 12.1. The molecule has 3 rings (SSSR count). The van der Waals surface area contributed by atoms with Gasteiger partial charge >= 0.3 is 0 Å². The van der Waals surface area contributed by atoms with Crippen molar-refractivity contribution in [3.8, 4) is 0 Å². The summed E-state index contributed by atoms with van der Waals surface area (Å²) in [6.45, 7) is 1.13. The van der Waals surface area contributed by atoms with Gasteiger partial charge in [0, 0.05) is 49.4 Å². The number of nitrogens with zero attached hydrogens (tertiary/aromatic N) is 1. The van der Waals surface area contributed by atoms with Gasteiger partial charge in [-0.1, -0.05) is 17.7 Å². The van der Waals surface area contributed by atoms with Crippen LogP contribution in [0.4, 0.5) is 25.8 Å². The van der Waals surface area contributed by atoms with E-state index in [2.05, 4.69) is 5.32 Å². The van der Waals surface area contributed by atoms with E-state index in [1.807, 2.05) is 30.3 Å². The molecule has 1 unspecified atom stereocenters. The Morgan fingerprint density at radius 2 is 1.94 bits per heavy atom. The molecule has 1 heterocycles. The van der Waals surface area contributed by atoms with Crippen molar-refractivity contribution >= 4 is 34.9 Å². The van der Waals surface area contributed by atoms with Crippen LogP contribution in [0.5, 0.6) is 0 Å². The molecule has 8 heteroatoms. The van der Waals surface area contributed by atoms with Crippen LogP contribution in [0.3, 0.4) is 0 Å². The van der Waals surface area contributed by atoms with Crippen LogP contribution in [0.15, 0.2) is 42.5 Å². The highest BCUT2D eigenvalue weighted by Crippen LogP contribution is 2.36. The number of carbonyl (C=O) groups is 1. The van der Waals surface area contributed by atoms with Gasteiger partial charge in [0.1, 0.15) is 6.29 Å². The molecule has 2 aromatic carbocycles. The second-order valence-corrected chi connectivity index (χ2v) is 8.29. The molecule has 0 amide bonds. The molecule has 1 atom stereocenters. The smallest absolute Gasteiger partial charge is 0.255 e. The number of anilines is 3. The third-order valence-electron chi connectivity index (χ3n) is 5.64. The summed E-state index contributed by atoms with van der Waals surface area (Å²) in [4.78, 5) is 13.0. The lowest BCUT2D eigenvalue weighted by atomic mass is 9.95. The maximum atomic E-state index is 13.6. The van der Waals surface area contributed by atoms with Crippen LogP contribution in [-0.4, -0.2) is 52.2 Å². The van der Waals surface area contributed by atoms with Gasteiger partial charge in [-0.2, -0.15) is 0 Å². The maximum Gasteiger partial charge on any atom is 0.255 e. The normalized spacial score (nSPS) is 15.5. The lowest BCUT2D eigenvalue weighted by molar-refractivity contribution is -0.108. The molecule has 1 aliphatic heterocycles. The fourth-order valence-electron chi connectivity index (χ4n) is 4.05. The van der Waals surface area contributed by atoms with Crippen molar-refractivity contribution in [2.24, 2.45) is 0 Å². The summed E-state index contributed by atoms with van der Waals surface area (Å²) in [5, 5.41) is 3.97. The summed E-state index contributed by atoms with van der Waals surface area (Å²) < 4.78 is 37.9. The fourth-order valence-corrected chi connectivity index (χ4v) is 4.18. The Kier molecular flexibility index (Phi) is 9.26. The van der Waals surface area contributed by atoms with Crippen molar-refractivity contribution in [1.82, 2.24) is 0 Å². The summed E-state index contributed by atoms with van der Waals surface area (Å²) in [5.41, 5.74) is 3.08. The topological polar surface area (TPSA) is 50.8 Å². The van der Waals surface area contributed by atoms with E-state index < -0.39 is 6.43 Å². The number of ether oxygens (including phenoxy) is 2. The van der Waals surface area contributed by atoms with E-state index in [-0.39, 0.29) is 18.5 Å². The molecule has 0 spiro atoms. The molecule has 2 aromatic rings. The highest BCUT2D eigenvalue weighted by Gasteiger charge is 2.27. The SMILES string of the molecule is COCC(CC=O)c1ccc(N(CC(F)F)C2CCOCC2)c(Nc2ccc(Cl)cc2)c1. The molecule has 0 bridgehead atoms. The predicted octanol–water partition coefficient (Wildman–Crippen LogP) is 5.65. The molecule has 1 N–H and O–H groups in total. The first-order valence-electron chi connectivity index (χ1n) is 10.7. The molecule has 0 aliphatic carbocycles. The number of alkyl halides is 2. The molecular formula is C24H29ClF2N2O3. The van der Waals surface area contributed by atoms with E-state index in [1.54, 1.807) is 24.1 Å². The standard InChI is InChI=1S/C24H29ClF2N2O3/c1-31-16-18(8-11-30)17-2-7-23(22(14-17)28-20-5-3-19(25)4-6-20)29(15-24(26)27)21-9-12-32-13-10-21/h2-7,11,14,18,21,24,28H,8-10,12-13,15-16H2,1H3. The minimum atomic E-state index is -2.47. The van der Waals surface area contributed by atoms with E-state index in [9.17, 15) is 13.6 Å². The number of rotatable bonds is 11. The largest absolute Gasteiger partial charge is 0.384 e. The Morgan fingerprint density at radius 3 is 2.56 bits per heavy atom. The van der Waals surface area contributed by atoms with Crippen molar-refractivity contribution in [2.45, 2.75) is 37.6 Å². The maximum absolute atomic E-state index is 13.6. The quantitative estimate of drug-likeness (QED) is 0.433. The van der Waals surface area contributed by atoms with E-state index in [0.717, 1.165) is 17.5 Å². The molecule has 0 saturated carbocycles. The Labute approximate surface area is 192 Å². The number of hydrogen-bond acceptors (Lipinski definition) is 5. The first-order valence-corrected chi connectivity index (χ1v) is 11.1. The van der Waals surface area contributed by atoms with Gasteiger partial charge in [-0.05, 0) is 54.8 Å². The minimum Gasteiger partial charge on any atom is -0.384 e. The molecular weight excluding hydrogens is 438 g/mol. The van der Waals surface area contributed by atoms with Crippen molar-refractivity contribution in [3.63, 3.8) is 0 Å². The van der Waals surface area contributed by atoms with Gasteiger partial charge in [0.2, 0.25) is 0 Å². The number of carbonyl (C=O) groups excluding carboxylic acids is 1. The number of methoxy groups -OCH3 is 1. The lowest BCUT2D eigenvalue weighted by Gasteiger charge is -2.37. The summed E-state index contributed by atoms with van der Waals surface area (Å²) >= 11 is 6.01. The van der Waals surface area contributed by atoms with Crippen molar-refractivity contribution in [3.05, 3.63) is 53.1 Å². The summed E-state index contributed by atoms with van der Waals surface area (Å²) in [6.07, 6.45) is 0.0826. The zero-order valence-corrected chi connectivity index (χ0v) is 18.9. The zero-order valence-electron chi connectivity index (χ0n) is 18.1. The van der Waals surface area contributed by atoms with E-state index in [0.29, 0.717) is 55.5 Å². The Hall–Kier alpha value is -2.22. The highest BCUT2D eigenvalue weighted by molar-refractivity contribution is 6.30. The third-order valence-corrected chi connectivity index (χ3v) is 5.89. The highest BCUT2D eigenvalue weighted by atomic mass is 35.5. The monoisotopic (exact) mass is 466 g/mol.